The van der Waals surface area contributed by atoms with Crippen LogP contribution in [0.25, 0.3) is 0 Å². The van der Waals surface area contributed by atoms with Crippen LogP contribution < -0.4 is 0 Å². The maximum absolute atomic E-state index is 13.1. The van der Waals surface area contributed by atoms with Crippen molar-refractivity contribution in [3.05, 3.63) is 134 Å². The summed E-state index contributed by atoms with van der Waals surface area (Å²) in [4.78, 5) is 72.9. The summed E-state index contributed by atoms with van der Waals surface area (Å²) in [7, 11) is -9.98. The van der Waals surface area contributed by atoms with E-state index in [1.165, 1.54) is 51.4 Å². The zero-order valence-corrected chi connectivity index (χ0v) is 65.5. The molecule has 19 heteroatoms. The number of hydrogen-bond donors (Lipinski definition) is 3. The molecule has 0 rings (SSSR count). The molecule has 0 bridgehead atoms. The summed E-state index contributed by atoms with van der Waals surface area (Å²) < 4.78 is 68.5. The first-order chi connectivity index (χ1) is 49.7. The molecule has 5 atom stereocenters. The summed E-state index contributed by atoms with van der Waals surface area (Å²) in [5.74, 6) is -2.30. The molecule has 0 aromatic heterocycles. The number of carbonyl (C=O) groups is 4. The monoisotopic (exact) mass is 1470 g/mol. The van der Waals surface area contributed by atoms with Crippen LogP contribution in [0.3, 0.4) is 0 Å². The van der Waals surface area contributed by atoms with Crippen molar-refractivity contribution >= 4 is 39.5 Å². The molecule has 102 heavy (non-hydrogen) atoms. The third kappa shape index (κ3) is 73.5. The van der Waals surface area contributed by atoms with Gasteiger partial charge in [0.05, 0.1) is 26.4 Å². The highest BCUT2D eigenvalue weighted by Gasteiger charge is 2.30. The first-order valence-corrected chi connectivity index (χ1v) is 42.4. The van der Waals surface area contributed by atoms with Gasteiger partial charge in [0, 0.05) is 25.7 Å². The van der Waals surface area contributed by atoms with Crippen LogP contribution in [0.2, 0.25) is 0 Å². The van der Waals surface area contributed by atoms with Gasteiger partial charge in [0.15, 0.2) is 12.2 Å². The summed E-state index contributed by atoms with van der Waals surface area (Å²) >= 11 is 0. The van der Waals surface area contributed by atoms with Crippen molar-refractivity contribution in [3.63, 3.8) is 0 Å². The lowest BCUT2D eigenvalue weighted by molar-refractivity contribution is -0.161. The highest BCUT2D eigenvalue weighted by molar-refractivity contribution is 7.47. The van der Waals surface area contributed by atoms with Gasteiger partial charge < -0.3 is 33.8 Å². The Morgan fingerprint density at radius 1 is 0.284 bits per heavy atom. The molecule has 3 N–H and O–H groups in total. The molecule has 0 aliphatic carbocycles. The van der Waals surface area contributed by atoms with Gasteiger partial charge in [0.2, 0.25) is 0 Å². The van der Waals surface area contributed by atoms with Crippen LogP contribution in [-0.4, -0.2) is 96.7 Å². The number of hydrogen-bond acceptors (Lipinski definition) is 15. The summed E-state index contributed by atoms with van der Waals surface area (Å²) in [6.45, 7) is 4.51. The second kappa shape index (κ2) is 74.5. The fourth-order valence-corrected chi connectivity index (χ4v) is 11.7. The Kier molecular flexibility index (Phi) is 71.0. The van der Waals surface area contributed by atoms with Gasteiger partial charge in [-0.05, 0) is 148 Å². The SMILES string of the molecule is CC/C=C\C/C=C\C/C=C\C/C=C\C/C=C\C/C=C\CCC(=O)OCC(COP(=O)(O)OCC(O)COP(=O)(O)OCC(COC(=O)CCCCCCCCC/C=C\C/C=C\C/C=C\CC)OC(=O)CCCCCCC/C=C\CCCCCC)OC(=O)CCCCCCC/C=C\CCCCCC. The summed E-state index contributed by atoms with van der Waals surface area (Å²) in [6, 6.07) is 0. The number of aliphatic hydroxyl groups excluding tert-OH is 1. The zero-order chi connectivity index (χ0) is 74.6. The van der Waals surface area contributed by atoms with Gasteiger partial charge in [-0.1, -0.05) is 271 Å². The third-order valence-electron chi connectivity index (χ3n) is 16.1. The lowest BCUT2D eigenvalue weighted by Crippen LogP contribution is -2.30. The van der Waals surface area contributed by atoms with Crippen molar-refractivity contribution in [1.29, 1.82) is 0 Å². The van der Waals surface area contributed by atoms with E-state index in [1.807, 2.05) is 18.2 Å². The number of ether oxygens (including phenoxy) is 4. The molecule has 0 aromatic rings. The Hall–Kier alpha value is -4.80. The first-order valence-electron chi connectivity index (χ1n) is 39.4. The van der Waals surface area contributed by atoms with Crippen LogP contribution >= 0.6 is 15.6 Å². The Bertz CT molecular complexity index is 2460. The minimum absolute atomic E-state index is 0.0322. The smallest absolute Gasteiger partial charge is 0.462 e. The van der Waals surface area contributed by atoms with Gasteiger partial charge in [-0.15, -0.1) is 0 Å². The Balaban J connectivity index is 5.41. The van der Waals surface area contributed by atoms with E-state index >= 15 is 0 Å². The van der Waals surface area contributed by atoms with E-state index in [4.69, 9.17) is 37.0 Å². The topological polar surface area (TPSA) is 237 Å². The van der Waals surface area contributed by atoms with Crippen molar-refractivity contribution in [2.75, 3.05) is 39.6 Å². The zero-order valence-electron chi connectivity index (χ0n) is 63.7. The molecular formula is C83H140O17P2. The van der Waals surface area contributed by atoms with E-state index in [1.54, 1.807) is 0 Å². The predicted octanol–water partition coefficient (Wildman–Crippen LogP) is 22.9. The van der Waals surface area contributed by atoms with E-state index in [0.717, 1.165) is 173 Å². The highest BCUT2D eigenvalue weighted by Crippen LogP contribution is 2.45. The van der Waals surface area contributed by atoms with Gasteiger partial charge in [-0.2, -0.15) is 0 Å². The lowest BCUT2D eigenvalue weighted by atomic mass is 10.1. The molecule has 0 saturated carbocycles. The second-order valence-corrected chi connectivity index (χ2v) is 28.8. The highest BCUT2D eigenvalue weighted by atomic mass is 31.2. The molecule has 0 radical (unpaired) electrons. The van der Waals surface area contributed by atoms with Gasteiger partial charge in [-0.25, -0.2) is 9.13 Å². The number of phosphoric acid groups is 2. The number of phosphoric ester groups is 2. The number of carbonyl (C=O) groups excluding carboxylic acids is 4. The Morgan fingerprint density at radius 2 is 0.529 bits per heavy atom. The van der Waals surface area contributed by atoms with Crippen molar-refractivity contribution in [1.82, 2.24) is 0 Å². The summed E-state index contributed by atoms with van der Waals surface area (Å²) in [6.07, 6.45) is 83.1. The molecule has 0 spiro atoms. The molecular weight excluding hydrogens is 1330 g/mol. The minimum atomic E-state index is -5.00. The average molecular weight is 1470 g/mol. The maximum Gasteiger partial charge on any atom is 0.472 e. The summed E-state index contributed by atoms with van der Waals surface area (Å²) in [5.41, 5.74) is 0. The Labute approximate surface area is 618 Å². The molecule has 0 heterocycles. The lowest BCUT2D eigenvalue weighted by Gasteiger charge is -2.21. The van der Waals surface area contributed by atoms with Crippen molar-refractivity contribution in [3.8, 4) is 0 Å². The number of aliphatic hydroxyl groups is 1. The molecule has 584 valence electrons. The average Bonchev–Trinajstić information content (AvgIpc) is 0.909. The van der Waals surface area contributed by atoms with E-state index < -0.39 is 97.5 Å². The van der Waals surface area contributed by atoms with Crippen LogP contribution in [0.4, 0.5) is 0 Å². The van der Waals surface area contributed by atoms with E-state index in [-0.39, 0.29) is 25.7 Å². The molecule has 0 aromatic carbocycles. The third-order valence-corrected chi connectivity index (χ3v) is 18.0. The van der Waals surface area contributed by atoms with Crippen molar-refractivity contribution < 1.29 is 80.2 Å². The summed E-state index contributed by atoms with van der Waals surface area (Å²) in [5, 5.41) is 10.6. The molecule has 5 unspecified atom stereocenters. The largest absolute Gasteiger partial charge is 0.472 e. The predicted molar refractivity (Wildman–Crippen MR) is 418 cm³/mol. The molecule has 17 nitrogen and oxygen atoms in total. The maximum atomic E-state index is 13.1. The molecule has 0 aliphatic rings. The molecule has 0 aliphatic heterocycles. The van der Waals surface area contributed by atoms with Crippen LogP contribution in [0, 0.1) is 0 Å². The number of unbranched alkanes of at least 4 members (excludes halogenated alkanes) is 25. The van der Waals surface area contributed by atoms with Gasteiger partial charge in [0.25, 0.3) is 0 Å². The first kappa shape index (κ1) is 97.2. The fourth-order valence-electron chi connectivity index (χ4n) is 10.1. The molecule has 0 saturated heterocycles. The van der Waals surface area contributed by atoms with Crippen LogP contribution in [-0.2, 0) is 65.4 Å². The molecule has 0 amide bonds. The van der Waals surface area contributed by atoms with Gasteiger partial charge in [0.1, 0.15) is 19.3 Å². The van der Waals surface area contributed by atoms with Crippen LogP contribution in [0.15, 0.2) is 134 Å². The molecule has 0 fully saturated rings. The quantitative estimate of drug-likeness (QED) is 0.0169. The standard InChI is InChI=1S/C83H140O17P2/c1-5-9-13-17-21-25-29-33-35-37-38-40-42-46-48-52-56-60-64-68-81(86)94-74-79(100-83(88)70-66-62-58-54-50-44-32-28-24-20-16-12-8-4)76-98-102(91,92)96-72-77(84)71-95-101(89,90)97-75-78(99-82(87)69-65-61-57-53-49-43-31-27-23-19-15-11-7-3)73-93-80(85)67-63-59-55-51-47-45-41-39-36-34-30-26-22-18-14-10-6-2/h9-10,13-14,21-22,25-28,31-36,38,40,46,48,56,60,77-79,84H,5-8,11-12,15-20,23-24,29-30,37,39,41-45,47,49-55,57-59,61-76H2,1-4H3,(H,89,90)(H,91,92)/b13-9-,14-10-,25-21-,26-22-,31-27-,32-28-,35-33-,36-34-,40-38-,48-46-,60-56-. The Morgan fingerprint density at radius 3 is 0.853 bits per heavy atom. The van der Waals surface area contributed by atoms with E-state index in [9.17, 15) is 43.2 Å². The van der Waals surface area contributed by atoms with E-state index in [0.29, 0.717) is 32.1 Å². The van der Waals surface area contributed by atoms with Gasteiger partial charge >= 0.3 is 39.5 Å². The van der Waals surface area contributed by atoms with Crippen molar-refractivity contribution in [2.24, 2.45) is 0 Å². The number of allylic oxidation sites excluding steroid dienone is 22. The number of rotatable bonds is 73. The van der Waals surface area contributed by atoms with Crippen LogP contribution in [0.5, 0.6) is 0 Å². The number of esters is 4. The fraction of sp³-hybridized carbons (Fsp3) is 0.687. The second-order valence-electron chi connectivity index (χ2n) is 25.9. The minimum Gasteiger partial charge on any atom is -0.462 e. The van der Waals surface area contributed by atoms with Gasteiger partial charge in [-0.3, -0.25) is 37.3 Å². The van der Waals surface area contributed by atoms with Crippen LogP contribution in [0.1, 0.15) is 310 Å². The van der Waals surface area contributed by atoms with E-state index in [2.05, 4.69) is 143 Å². The van der Waals surface area contributed by atoms with Crippen molar-refractivity contribution in [2.45, 2.75) is 329 Å². The normalized spacial score (nSPS) is 14.6.